The van der Waals surface area contributed by atoms with E-state index in [9.17, 15) is 9.59 Å². The van der Waals surface area contributed by atoms with Gasteiger partial charge in [0.15, 0.2) is 0 Å². The number of carbonyl (C=O) groups excluding carboxylic acids is 2. The van der Waals surface area contributed by atoms with Crippen LogP contribution in [0.2, 0.25) is 0 Å². The quantitative estimate of drug-likeness (QED) is 0.288. The van der Waals surface area contributed by atoms with Crippen molar-refractivity contribution >= 4 is 59.0 Å². The minimum absolute atomic E-state index is 0. The third-order valence-electron chi connectivity index (χ3n) is 6.96. The number of nitrogens with one attached hydrogen (secondary N) is 1. The zero-order valence-electron chi connectivity index (χ0n) is 20.7. The topological polar surface area (TPSA) is 79.6 Å². The average Bonchev–Trinajstić information content (AvgIpc) is 3.60. The Morgan fingerprint density at radius 2 is 1.87 bits per heavy atom. The van der Waals surface area contributed by atoms with E-state index < -0.39 is 0 Å². The number of pyridine rings is 1. The molecule has 7 nitrogen and oxygen atoms in total. The lowest BCUT2D eigenvalue weighted by molar-refractivity contribution is -0.116. The normalized spacial score (nSPS) is 15.2. The van der Waals surface area contributed by atoms with E-state index in [1.807, 2.05) is 64.9 Å². The third-order valence-corrected chi connectivity index (χ3v) is 8.90. The zero-order chi connectivity index (χ0) is 25.2. The van der Waals surface area contributed by atoms with Gasteiger partial charge in [0.25, 0.3) is 11.8 Å². The molecule has 4 aromatic rings. The molecule has 0 saturated carbocycles. The lowest BCUT2D eigenvalue weighted by Gasteiger charge is -2.31. The van der Waals surface area contributed by atoms with Gasteiger partial charge in [0.05, 0.1) is 21.8 Å². The fourth-order valence-electron chi connectivity index (χ4n) is 4.95. The molecule has 0 spiro atoms. The second-order valence-electron chi connectivity index (χ2n) is 9.39. The summed E-state index contributed by atoms with van der Waals surface area (Å²) in [5, 5.41) is 6.84. The number of thiazole rings is 1. The molecule has 0 bridgehead atoms. The number of carbonyl (C=O) groups is 2. The molecule has 1 aromatic carbocycles. The monoisotopic (exact) mass is 565 g/mol. The van der Waals surface area contributed by atoms with E-state index in [2.05, 4.69) is 19.7 Å². The molecule has 2 aliphatic heterocycles. The first kappa shape index (κ1) is 26.5. The number of benzene rings is 1. The number of thioether (sulfide) groups is 1. The van der Waals surface area contributed by atoms with E-state index in [1.165, 1.54) is 23.1 Å². The van der Waals surface area contributed by atoms with Gasteiger partial charge in [-0.15, -0.1) is 23.7 Å². The summed E-state index contributed by atoms with van der Waals surface area (Å²) in [7, 11) is 0. The van der Waals surface area contributed by atoms with Gasteiger partial charge in [0.2, 0.25) is 0 Å². The van der Waals surface area contributed by atoms with Gasteiger partial charge in [-0.2, -0.15) is 0 Å². The van der Waals surface area contributed by atoms with Crippen LogP contribution in [0.1, 0.15) is 41.9 Å². The molecular formula is C28H28ClN5O2S2. The maximum Gasteiger partial charge on any atom is 0.273 e. The molecule has 1 N–H and O–H groups in total. The SMILES string of the molecule is Cl.O=C(NCCCC1CCN(C(=O)c2csc(-c3ccccc3)n2)CC1)C1=Cc2cnc3cccc(n23)S1. The number of likely N-dealkylation sites (tertiary alicyclic amines) is 1. The zero-order valence-corrected chi connectivity index (χ0v) is 23.2. The van der Waals surface area contributed by atoms with Crippen molar-refractivity contribution in [2.45, 2.75) is 30.7 Å². The number of aromatic nitrogens is 3. The van der Waals surface area contributed by atoms with Crippen LogP contribution in [0, 0.1) is 5.92 Å². The van der Waals surface area contributed by atoms with Gasteiger partial charge >= 0.3 is 0 Å². The van der Waals surface area contributed by atoms with Crippen molar-refractivity contribution in [2.24, 2.45) is 5.92 Å². The predicted octanol–water partition coefficient (Wildman–Crippen LogP) is 5.78. The van der Waals surface area contributed by atoms with Gasteiger partial charge in [-0.25, -0.2) is 9.97 Å². The van der Waals surface area contributed by atoms with Crippen molar-refractivity contribution in [3.8, 4) is 10.6 Å². The Labute approximate surface area is 235 Å². The highest BCUT2D eigenvalue weighted by molar-refractivity contribution is 8.04. The first-order valence-electron chi connectivity index (χ1n) is 12.6. The van der Waals surface area contributed by atoms with E-state index in [4.69, 9.17) is 0 Å². The van der Waals surface area contributed by atoms with Crippen molar-refractivity contribution < 1.29 is 9.59 Å². The van der Waals surface area contributed by atoms with Crippen LogP contribution in [0.4, 0.5) is 0 Å². The summed E-state index contributed by atoms with van der Waals surface area (Å²) >= 11 is 2.99. The number of piperidine rings is 1. The maximum atomic E-state index is 13.0. The number of hydrogen-bond donors (Lipinski definition) is 1. The Hall–Kier alpha value is -3.14. The molecule has 1 saturated heterocycles. The van der Waals surface area contributed by atoms with Crippen molar-refractivity contribution in [2.75, 3.05) is 19.6 Å². The first-order valence-corrected chi connectivity index (χ1v) is 14.3. The summed E-state index contributed by atoms with van der Waals surface area (Å²) in [6.07, 6.45) is 7.68. The van der Waals surface area contributed by atoms with E-state index in [1.54, 1.807) is 6.20 Å². The number of hydrogen-bond acceptors (Lipinski definition) is 6. The highest BCUT2D eigenvalue weighted by Gasteiger charge is 2.25. The number of amides is 2. The molecule has 38 heavy (non-hydrogen) atoms. The summed E-state index contributed by atoms with van der Waals surface area (Å²) in [5.41, 5.74) is 3.41. The lowest BCUT2D eigenvalue weighted by atomic mass is 9.92. The second-order valence-corrected chi connectivity index (χ2v) is 11.3. The highest BCUT2D eigenvalue weighted by atomic mass is 35.5. The Morgan fingerprint density at radius 3 is 2.68 bits per heavy atom. The summed E-state index contributed by atoms with van der Waals surface area (Å²) in [6.45, 7) is 2.17. The van der Waals surface area contributed by atoms with Gasteiger partial charge in [-0.3, -0.25) is 14.0 Å². The van der Waals surface area contributed by atoms with Gasteiger partial charge in [-0.05, 0) is 49.8 Å². The molecule has 10 heteroatoms. The lowest BCUT2D eigenvalue weighted by Crippen LogP contribution is -2.38. The Morgan fingerprint density at radius 1 is 1.05 bits per heavy atom. The van der Waals surface area contributed by atoms with Crippen LogP contribution in [0.3, 0.4) is 0 Å². The van der Waals surface area contributed by atoms with Crippen LogP contribution in [0.15, 0.2) is 70.0 Å². The van der Waals surface area contributed by atoms with Crippen molar-refractivity contribution in [3.05, 3.63) is 76.4 Å². The largest absolute Gasteiger partial charge is 0.352 e. The van der Waals surface area contributed by atoms with E-state index >= 15 is 0 Å². The number of nitrogens with zero attached hydrogens (tertiary/aromatic N) is 4. The molecular weight excluding hydrogens is 538 g/mol. The minimum Gasteiger partial charge on any atom is -0.352 e. The summed E-state index contributed by atoms with van der Waals surface area (Å²) in [4.78, 5) is 37.4. The molecule has 2 amide bonds. The van der Waals surface area contributed by atoms with Gasteiger partial charge < -0.3 is 10.2 Å². The summed E-state index contributed by atoms with van der Waals surface area (Å²) < 4.78 is 2.06. The van der Waals surface area contributed by atoms with Gasteiger partial charge in [0, 0.05) is 30.6 Å². The van der Waals surface area contributed by atoms with Crippen LogP contribution in [-0.2, 0) is 4.79 Å². The van der Waals surface area contributed by atoms with E-state index in [-0.39, 0.29) is 24.2 Å². The predicted molar refractivity (Wildman–Crippen MR) is 155 cm³/mol. The van der Waals surface area contributed by atoms with Crippen LogP contribution in [0.5, 0.6) is 0 Å². The molecule has 0 atom stereocenters. The standard InChI is InChI=1S/C28H27N5O2S2.ClH/c34-26(23-16-21-17-30-24-9-4-10-25(37-23)33(21)24)29-13-5-6-19-11-14-32(15-12-19)28(35)22-18-36-27(31-22)20-7-2-1-3-8-20;/h1-4,7-10,16-19H,5-6,11-15H2,(H,29,34);1H. The number of rotatable bonds is 7. The first-order chi connectivity index (χ1) is 18.2. The molecule has 5 heterocycles. The van der Waals surface area contributed by atoms with Crippen LogP contribution < -0.4 is 5.32 Å². The van der Waals surface area contributed by atoms with Crippen LogP contribution >= 0.6 is 35.5 Å². The van der Waals surface area contributed by atoms with Crippen LogP contribution in [0.25, 0.3) is 22.3 Å². The number of imidazole rings is 1. The highest BCUT2D eigenvalue weighted by Crippen LogP contribution is 2.34. The van der Waals surface area contributed by atoms with Crippen molar-refractivity contribution in [3.63, 3.8) is 0 Å². The Kier molecular flexibility index (Phi) is 8.16. The average molecular weight is 566 g/mol. The molecule has 2 aliphatic rings. The molecule has 0 aliphatic carbocycles. The molecule has 0 unspecified atom stereocenters. The molecule has 1 fully saturated rings. The third kappa shape index (κ3) is 5.50. The molecule has 196 valence electrons. The maximum absolute atomic E-state index is 13.0. The van der Waals surface area contributed by atoms with E-state index in [0.717, 1.165) is 65.7 Å². The Balaban J connectivity index is 0.00000294. The van der Waals surface area contributed by atoms with E-state index in [0.29, 0.717) is 23.1 Å². The smallest absolute Gasteiger partial charge is 0.273 e. The number of halogens is 1. The van der Waals surface area contributed by atoms with Gasteiger partial charge in [-0.1, -0.05) is 48.2 Å². The Bertz CT molecular complexity index is 1470. The molecule has 0 radical (unpaired) electrons. The van der Waals surface area contributed by atoms with Gasteiger partial charge in [0.1, 0.15) is 16.3 Å². The van der Waals surface area contributed by atoms with Crippen molar-refractivity contribution in [1.82, 2.24) is 24.6 Å². The molecule has 6 rings (SSSR count). The minimum atomic E-state index is -0.0343. The fraction of sp³-hybridized carbons (Fsp3) is 0.286. The fourth-order valence-corrected chi connectivity index (χ4v) is 6.76. The molecule has 3 aromatic heterocycles. The second kappa shape index (κ2) is 11.7. The summed E-state index contributed by atoms with van der Waals surface area (Å²) in [6, 6.07) is 15.9. The summed E-state index contributed by atoms with van der Waals surface area (Å²) in [5.74, 6) is 0.568. The van der Waals surface area contributed by atoms with Crippen LogP contribution in [-0.4, -0.2) is 50.7 Å². The van der Waals surface area contributed by atoms with Crippen molar-refractivity contribution in [1.29, 1.82) is 0 Å².